The summed E-state index contributed by atoms with van der Waals surface area (Å²) in [5, 5.41) is 18.2. The molecule has 1 saturated heterocycles. The van der Waals surface area contributed by atoms with Gasteiger partial charge in [0.2, 0.25) is 0 Å². The number of benzene rings is 2. The summed E-state index contributed by atoms with van der Waals surface area (Å²) in [6.45, 7) is 4.57. The number of anilines is 2. The average Bonchev–Trinajstić information content (AvgIpc) is 2.73. The number of para-hydroxylation sites is 1. The molecule has 9 heteroatoms. The molecule has 1 heterocycles. The van der Waals surface area contributed by atoms with Crippen LogP contribution in [0.4, 0.5) is 17.1 Å². The second-order valence-electron chi connectivity index (χ2n) is 6.56. The molecule has 0 aromatic heterocycles. The number of carbonyl (C=O) groups excluding carboxylic acids is 1. The Labute approximate surface area is 168 Å². The number of morpholine rings is 1. The molecule has 0 saturated carbocycles. The lowest BCUT2D eigenvalue weighted by Crippen LogP contribution is -2.36. The van der Waals surface area contributed by atoms with Gasteiger partial charge in [0.25, 0.3) is 11.6 Å². The first-order chi connectivity index (χ1) is 14.0. The maximum atomic E-state index is 12.1. The minimum atomic E-state index is -0.453. The van der Waals surface area contributed by atoms with Gasteiger partial charge in [0.15, 0.2) is 0 Å². The van der Waals surface area contributed by atoms with Crippen LogP contribution in [0.2, 0.25) is 0 Å². The van der Waals surface area contributed by atoms with Crippen LogP contribution in [0.5, 0.6) is 0 Å². The van der Waals surface area contributed by atoms with Crippen LogP contribution in [0.15, 0.2) is 47.6 Å². The van der Waals surface area contributed by atoms with Crippen molar-refractivity contribution in [3.8, 4) is 0 Å². The van der Waals surface area contributed by atoms with Gasteiger partial charge in [0.1, 0.15) is 0 Å². The first-order valence-corrected chi connectivity index (χ1v) is 9.27. The number of nitrogens with zero attached hydrogens (tertiary/aromatic N) is 3. The number of carbonyl (C=O) groups is 1. The number of hydrogen-bond donors (Lipinski definition) is 2. The molecule has 1 aliphatic heterocycles. The Hall–Kier alpha value is -3.46. The topological polar surface area (TPSA) is 109 Å². The van der Waals surface area contributed by atoms with E-state index in [0.717, 1.165) is 16.9 Å². The van der Waals surface area contributed by atoms with Crippen molar-refractivity contribution in [3.63, 3.8) is 0 Å². The molecule has 0 radical (unpaired) electrons. The van der Waals surface area contributed by atoms with Gasteiger partial charge in [-0.05, 0) is 24.6 Å². The number of ether oxygens (including phenoxy) is 1. The normalized spacial score (nSPS) is 14.0. The molecule has 0 aliphatic carbocycles. The number of hydrogen-bond acceptors (Lipinski definition) is 7. The number of nitro groups is 1. The van der Waals surface area contributed by atoms with Crippen LogP contribution in [-0.4, -0.2) is 49.9 Å². The number of amides is 1. The van der Waals surface area contributed by atoms with E-state index in [4.69, 9.17) is 4.74 Å². The molecule has 1 aliphatic rings. The molecular weight excluding hydrogens is 374 g/mol. The Balaban J connectivity index is 1.66. The molecule has 2 N–H and O–H groups in total. The summed E-state index contributed by atoms with van der Waals surface area (Å²) < 4.78 is 5.36. The monoisotopic (exact) mass is 397 g/mol. The van der Waals surface area contributed by atoms with Gasteiger partial charge in [-0.25, -0.2) is 5.43 Å². The van der Waals surface area contributed by atoms with Crippen molar-refractivity contribution >= 4 is 29.2 Å². The Kier molecular flexibility index (Phi) is 6.75. The summed E-state index contributed by atoms with van der Waals surface area (Å²) >= 11 is 0. The van der Waals surface area contributed by atoms with E-state index in [1.165, 1.54) is 18.3 Å². The predicted octanol–water partition coefficient (Wildman–Crippen LogP) is 2.30. The lowest BCUT2D eigenvalue weighted by atomic mass is 10.1. The Morgan fingerprint density at radius 3 is 2.76 bits per heavy atom. The third-order valence-electron chi connectivity index (χ3n) is 4.55. The van der Waals surface area contributed by atoms with Crippen molar-refractivity contribution in [2.24, 2.45) is 5.10 Å². The van der Waals surface area contributed by atoms with E-state index in [-0.39, 0.29) is 18.1 Å². The van der Waals surface area contributed by atoms with Gasteiger partial charge in [0.05, 0.1) is 30.9 Å². The van der Waals surface area contributed by atoms with E-state index in [2.05, 4.69) is 20.7 Å². The molecule has 29 heavy (non-hydrogen) atoms. The Bertz CT molecular complexity index is 909. The highest BCUT2D eigenvalue weighted by Gasteiger charge is 2.17. The van der Waals surface area contributed by atoms with Crippen molar-refractivity contribution in [2.75, 3.05) is 43.1 Å². The number of rotatable bonds is 7. The molecule has 0 bridgehead atoms. The van der Waals surface area contributed by atoms with Crippen molar-refractivity contribution in [1.29, 1.82) is 0 Å². The Morgan fingerprint density at radius 2 is 2.03 bits per heavy atom. The molecule has 1 amide bonds. The lowest BCUT2D eigenvalue weighted by Gasteiger charge is -2.29. The number of nitrogens with one attached hydrogen (secondary N) is 2. The summed E-state index contributed by atoms with van der Waals surface area (Å²) in [5.41, 5.74) is 5.71. The molecule has 1 fully saturated rings. The zero-order chi connectivity index (χ0) is 20.6. The SMILES string of the molecule is Cc1ccccc1NCC(=O)NN=Cc1cc([N+](=O)[O-])ccc1N1CCOCC1. The van der Waals surface area contributed by atoms with Gasteiger partial charge >= 0.3 is 0 Å². The maximum absolute atomic E-state index is 12.1. The van der Waals surface area contributed by atoms with Gasteiger partial charge < -0.3 is 15.0 Å². The quantitative estimate of drug-likeness (QED) is 0.422. The fourth-order valence-electron chi connectivity index (χ4n) is 3.01. The minimum Gasteiger partial charge on any atom is -0.378 e. The van der Waals surface area contributed by atoms with E-state index in [1.807, 2.05) is 31.2 Å². The first kappa shape index (κ1) is 20.3. The van der Waals surface area contributed by atoms with E-state index in [9.17, 15) is 14.9 Å². The van der Waals surface area contributed by atoms with Crippen LogP contribution >= 0.6 is 0 Å². The number of hydrazone groups is 1. The van der Waals surface area contributed by atoms with Crippen LogP contribution in [-0.2, 0) is 9.53 Å². The van der Waals surface area contributed by atoms with Crippen LogP contribution in [0, 0.1) is 17.0 Å². The van der Waals surface area contributed by atoms with E-state index in [1.54, 1.807) is 6.07 Å². The summed E-state index contributed by atoms with van der Waals surface area (Å²) in [5.74, 6) is -0.317. The van der Waals surface area contributed by atoms with Gasteiger partial charge in [-0.1, -0.05) is 18.2 Å². The van der Waals surface area contributed by atoms with Crippen molar-refractivity contribution in [1.82, 2.24) is 5.43 Å². The third-order valence-corrected chi connectivity index (χ3v) is 4.55. The zero-order valence-corrected chi connectivity index (χ0v) is 16.1. The van der Waals surface area contributed by atoms with Gasteiger partial charge in [-0.3, -0.25) is 14.9 Å². The molecule has 152 valence electrons. The van der Waals surface area contributed by atoms with E-state index in [0.29, 0.717) is 31.9 Å². The summed E-state index contributed by atoms with van der Waals surface area (Å²) in [4.78, 5) is 24.8. The highest BCUT2D eigenvalue weighted by Crippen LogP contribution is 2.25. The van der Waals surface area contributed by atoms with E-state index < -0.39 is 4.92 Å². The summed E-state index contributed by atoms with van der Waals surface area (Å²) in [6.07, 6.45) is 1.43. The van der Waals surface area contributed by atoms with Crippen molar-refractivity contribution < 1.29 is 14.5 Å². The fourth-order valence-corrected chi connectivity index (χ4v) is 3.01. The van der Waals surface area contributed by atoms with Crippen LogP contribution in [0.1, 0.15) is 11.1 Å². The molecule has 3 rings (SSSR count). The maximum Gasteiger partial charge on any atom is 0.270 e. The Morgan fingerprint density at radius 1 is 1.28 bits per heavy atom. The molecule has 0 atom stereocenters. The average molecular weight is 397 g/mol. The number of nitro benzene ring substituents is 1. The summed E-state index contributed by atoms with van der Waals surface area (Å²) in [7, 11) is 0. The number of non-ortho nitro benzene ring substituents is 1. The minimum absolute atomic E-state index is 0.0315. The molecule has 0 unspecified atom stereocenters. The van der Waals surface area contributed by atoms with E-state index >= 15 is 0 Å². The third kappa shape index (κ3) is 5.52. The van der Waals surface area contributed by atoms with Crippen LogP contribution in [0.3, 0.4) is 0 Å². The molecule has 2 aromatic carbocycles. The zero-order valence-electron chi connectivity index (χ0n) is 16.1. The van der Waals surface area contributed by atoms with Crippen LogP contribution < -0.4 is 15.6 Å². The second kappa shape index (κ2) is 9.65. The highest BCUT2D eigenvalue weighted by atomic mass is 16.6. The smallest absolute Gasteiger partial charge is 0.270 e. The molecule has 9 nitrogen and oxygen atoms in total. The lowest BCUT2D eigenvalue weighted by molar-refractivity contribution is -0.384. The standard InChI is InChI=1S/C20H23N5O4/c1-15-4-2-3-5-18(15)21-14-20(26)23-22-13-16-12-17(25(27)28)6-7-19(16)24-8-10-29-11-9-24/h2-7,12-13,21H,8-11,14H2,1H3,(H,23,26). The number of aryl methyl sites for hydroxylation is 1. The van der Waals surface area contributed by atoms with Gasteiger partial charge in [-0.2, -0.15) is 5.10 Å². The first-order valence-electron chi connectivity index (χ1n) is 9.27. The highest BCUT2D eigenvalue weighted by molar-refractivity contribution is 5.90. The van der Waals surface area contributed by atoms with Crippen LogP contribution in [0.25, 0.3) is 0 Å². The fraction of sp³-hybridized carbons (Fsp3) is 0.300. The molecule has 0 spiro atoms. The molecular formula is C20H23N5O4. The molecule has 2 aromatic rings. The van der Waals surface area contributed by atoms with Gasteiger partial charge in [-0.15, -0.1) is 0 Å². The largest absolute Gasteiger partial charge is 0.378 e. The predicted molar refractivity (Wildman–Crippen MR) is 112 cm³/mol. The second-order valence-corrected chi connectivity index (χ2v) is 6.56. The van der Waals surface area contributed by atoms with Crippen molar-refractivity contribution in [2.45, 2.75) is 6.92 Å². The van der Waals surface area contributed by atoms with Crippen molar-refractivity contribution in [3.05, 3.63) is 63.7 Å². The summed E-state index contributed by atoms with van der Waals surface area (Å²) in [6, 6.07) is 12.3. The van der Waals surface area contributed by atoms with Gasteiger partial charge in [0, 0.05) is 42.2 Å².